The molecule has 6 nitrogen and oxygen atoms in total. The monoisotopic (exact) mass is 493 g/mol. The maximum absolute atomic E-state index is 15.0. The Kier molecular flexibility index (Phi) is 8.26. The number of hydrogen-bond donors (Lipinski definition) is 2. The van der Waals surface area contributed by atoms with Crippen LogP contribution in [0.1, 0.15) is 53.4 Å². The largest absolute Gasteiger partial charge is 0.351 e. The number of carbonyl (C=O) groups is 3. The van der Waals surface area contributed by atoms with Crippen LogP contribution in [0.4, 0.5) is 10.1 Å². The van der Waals surface area contributed by atoms with Crippen LogP contribution < -0.4 is 15.5 Å². The number of amides is 3. The van der Waals surface area contributed by atoms with Crippen LogP contribution in [0.25, 0.3) is 0 Å². The van der Waals surface area contributed by atoms with Crippen molar-refractivity contribution in [3.8, 4) is 0 Å². The molecule has 0 aliphatic heterocycles. The summed E-state index contributed by atoms with van der Waals surface area (Å²) >= 11 is 1.27. The first-order chi connectivity index (χ1) is 17.0. The summed E-state index contributed by atoms with van der Waals surface area (Å²) in [6, 6.07) is 16.8. The standard InChI is InChI=1S/C27H28FN3O3S/c28-22-15-8-7-14-21(22)25(27(34)30-19-10-3-1-4-11-19)31(20-12-5-2-6-13-20)24(32)18-29-26(33)23-16-9-17-35-23/h2,5-9,12-17,19,25H,1,3-4,10-11,18H2,(H,29,33)(H,30,34)/t25-/m0/s1. The second-order valence-electron chi connectivity index (χ2n) is 8.53. The van der Waals surface area contributed by atoms with Gasteiger partial charge >= 0.3 is 0 Å². The molecular weight excluding hydrogens is 465 g/mol. The first kappa shape index (κ1) is 24.6. The molecule has 3 amide bonds. The molecule has 0 spiro atoms. The Labute approximate surface area is 208 Å². The number of hydrogen-bond acceptors (Lipinski definition) is 4. The number of halogens is 1. The zero-order valence-corrected chi connectivity index (χ0v) is 20.1. The summed E-state index contributed by atoms with van der Waals surface area (Å²) in [5.74, 6) is -1.92. The molecule has 1 aliphatic rings. The molecule has 0 unspecified atom stereocenters. The maximum Gasteiger partial charge on any atom is 0.261 e. The Balaban J connectivity index is 1.66. The van der Waals surface area contributed by atoms with E-state index in [2.05, 4.69) is 10.6 Å². The van der Waals surface area contributed by atoms with Crippen LogP contribution in [0.5, 0.6) is 0 Å². The third-order valence-electron chi connectivity index (χ3n) is 6.11. The fourth-order valence-electron chi connectivity index (χ4n) is 4.38. The van der Waals surface area contributed by atoms with Gasteiger partial charge < -0.3 is 10.6 Å². The lowest BCUT2D eigenvalue weighted by Gasteiger charge is -2.33. The smallest absolute Gasteiger partial charge is 0.261 e. The van der Waals surface area contributed by atoms with Crippen molar-refractivity contribution in [2.75, 3.05) is 11.4 Å². The molecule has 1 atom stereocenters. The highest BCUT2D eigenvalue weighted by atomic mass is 32.1. The minimum absolute atomic E-state index is 0.0169. The van der Waals surface area contributed by atoms with Crippen molar-refractivity contribution < 1.29 is 18.8 Å². The molecule has 0 bridgehead atoms. The fraction of sp³-hybridized carbons (Fsp3) is 0.296. The van der Waals surface area contributed by atoms with Gasteiger partial charge in [-0.15, -0.1) is 11.3 Å². The van der Waals surface area contributed by atoms with Gasteiger partial charge in [0, 0.05) is 17.3 Å². The van der Waals surface area contributed by atoms with E-state index in [0.717, 1.165) is 32.1 Å². The van der Waals surface area contributed by atoms with Gasteiger partial charge in [0.1, 0.15) is 11.9 Å². The number of para-hydroxylation sites is 1. The quantitative estimate of drug-likeness (QED) is 0.471. The molecule has 1 aliphatic carbocycles. The van der Waals surface area contributed by atoms with Crippen molar-refractivity contribution in [2.45, 2.75) is 44.2 Å². The van der Waals surface area contributed by atoms with Gasteiger partial charge in [-0.05, 0) is 42.5 Å². The van der Waals surface area contributed by atoms with Gasteiger partial charge in [-0.3, -0.25) is 19.3 Å². The zero-order chi connectivity index (χ0) is 24.6. The van der Waals surface area contributed by atoms with Crippen molar-refractivity contribution in [3.05, 3.63) is 88.4 Å². The average molecular weight is 494 g/mol. The van der Waals surface area contributed by atoms with Crippen LogP contribution in [0, 0.1) is 5.82 Å². The van der Waals surface area contributed by atoms with Crippen molar-refractivity contribution in [3.63, 3.8) is 0 Å². The summed E-state index contributed by atoms with van der Waals surface area (Å²) in [5, 5.41) is 7.46. The molecule has 1 aromatic heterocycles. The van der Waals surface area contributed by atoms with E-state index in [1.165, 1.54) is 28.4 Å². The van der Waals surface area contributed by atoms with Crippen molar-refractivity contribution in [1.29, 1.82) is 0 Å². The first-order valence-corrected chi connectivity index (χ1v) is 12.7. The van der Waals surface area contributed by atoms with E-state index in [0.29, 0.717) is 10.6 Å². The summed E-state index contributed by atoms with van der Waals surface area (Å²) in [6.07, 6.45) is 4.87. The SMILES string of the molecule is O=C(NCC(=O)N(c1ccccc1)[C@H](C(=O)NC1CCCCC1)c1ccccc1F)c1cccs1. The second kappa shape index (κ2) is 11.8. The molecule has 1 saturated carbocycles. The van der Waals surface area contributed by atoms with Crippen molar-refractivity contribution in [1.82, 2.24) is 10.6 Å². The number of benzene rings is 2. The Morgan fingerprint density at radius 3 is 2.34 bits per heavy atom. The molecule has 4 rings (SSSR count). The summed E-state index contributed by atoms with van der Waals surface area (Å²) < 4.78 is 15.0. The third-order valence-corrected chi connectivity index (χ3v) is 6.97. The van der Waals surface area contributed by atoms with Gasteiger partial charge in [-0.1, -0.05) is 61.7 Å². The summed E-state index contributed by atoms with van der Waals surface area (Å²) in [4.78, 5) is 41.4. The zero-order valence-electron chi connectivity index (χ0n) is 19.3. The van der Waals surface area contributed by atoms with Gasteiger partial charge in [0.2, 0.25) is 11.8 Å². The van der Waals surface area contributed by atoms with E-state index in [-0.39, 0.29) is 24.1 Å². The van der Waals surface area contributed by atoms with Gasteiger partial charge in [-0.25, -0.2) is 4.39 Å². The van der Waals surface area contributed by atoms with Gasteiger partial charge in [0.15, 0.2) is 0 Å². The molecule has 35 heavy (non-hydrogen) atoms. The minimum Gasteiger partial charge on any atom is -0.351 e. The Morgan fingerprint density at radius 2 is 1.66 bits per heavy atom. The topological polar surface area (TPSA) is 78.5 Å². The van der Waals surface area contributed by atoms with E-state index in [1.807, 2.05) is 0 Å². The average Bonchev–Trinajstić information content (AvgIpc) is 3.42. The Hall–Kier alpha value is -3.52. The highest BCUT2D eigenvalue weighted by Crippen LogP contribution is 2.30. The summed E-state index contributed by atoms with van der Waals surface area (Å²) in [5.41, 5.74) is 0.539. The second-order valence-corrected chi connectivity index (χ2v) is 9.47. The third kappa shape index (κ3) is 6.14. The van der Waals surface area contributed by atoms with E-state index in [9.17, 15) is 14.4 Å². The van der Waals surface area contributed by atoms with E-state index >= 15 is 4.39 Å². The van der Waals surface area contributed by atoms with E-state index < -0.39 is 23.7 Å². The highest BCUT2D eigenvalue weighted by molar-refractivity contribution is 7.12. The van der Waals surface area contributed by atoms with Crippen LogP contribution in [-0.4, -0.2) is 30.3 Å². The normalized spacial score (nSPS) is 14.7. The minimum atomic E-state index is -1.23. The maximum atomic E-state index is 15.0. The molecule has 8 heteroatoms. The van der Waals surface area contributed by atoms with Crippen LogP contribution in [0.3, 0.4) is 0 Å². The summed E-state index contributed by atoms with van der Waals surface area (Å²) in [6.45, 7) is -0.340. The molecular formula is C27H28FN3O3S. The van der Waals surface area contributed by atoms with Crippen molar-refractivity contribution >= 4 is 34.7 Å². The van der Waals surface area contributed by atoms with Gasteiger partial charge in [-0.2, -0.15) is 0 Å². The van der Waals surface area contributed by atoms with Crippen LogP contribution in [0.15, 0.2) is 72.1 Å². The van der Waals surface area contributed by atoms with Crippen molar-refractivity contribution in [2.24, 2.45) is 0 Å². The molecule has 0 saturated heterocycles. The predicted molar refractivity (Wildman–Crippen MR) is 135 cm³/mol. The lowest BCUT2D eigenvalue weighted by molar-refractivity contribution is -0.127. The molecule has 0 radical (unpaired) electrons. The Morgan fingerprint density at radius 1 is 0.943 bits per heavy atom. The molecule has 3 aromatic rings. The fourth-order valence-corrected chi connectivity index (χ4v) is 5.02. The lowest BCUT2D eigenvalue weighted by Crippen LogP contribution is -2.50. The molecule has 2 aromatic carbocycles. The highest BCUT2D eigenvalue weighted by Gasteiger charge is 2.35. The number of thiophene rings is 1. The first-order valence-electron chi connectivity index (χ1n) is 11.8. The number of nitrogens with one attached hydrogen (secondary N) is 2. The number of rotatable bonds is 8. The van der Waals surface area contributed by atoms with E-state index in [4.69, 9.17) is 0 Å². The number of anilines is 1. The van der Waals surface area contributed by atoms with Crippen LogP contribution in [-0.2, 0) is 9.59 Å². The van der Waals surface area contributed by atoms with E-state index in [1.54, 1.807) is 60.0 Å². The molecule has 1 fully saturated rings. The lowest BCUT2D eigenvalue weighted by atomic mass is 9.94. The van der Waals surface area contributed by atoms with Gasteiger partial charge in [0.05, 0.1) is 11.4 Å². The Bertz CT molecular complexity index is 1150. The molecule has 2 N–H and O–H groups in total. The predicted octanol–water partition coefficient (Wildman–Crippen LogP) is 4.84. The molecule has 1 heterocycles. The van der Waals surface area contributed by atoms with Crippen LogP contribution >= 0.6 is 11.3 Å². The number of nitrogens with zero attached hydrogens (tertiary/aromatic N) is 1. The van der Waals surface area contributed by atoms with Gasteiger partial charge in [0.25, 0.3) is 5.91 Å². The number of carbonyl (C=O) groups excluding carboxylic acids is 3. The molecule has 182 valence electrons. The summed E-state index contributed by atoms with van der Waals surface area (Å²) in [7, 11) is 0. The van der Waals surface area contributed by atoms with Crippen LogP contribution in [0.2, 0.25) is 0 Å².